The van der Waals surface area contributed by atoms with Gasteiger partial charge in [0.05, 0.1) is 19.3 Å². The van der Waals surface area contributed by atoms with Crippen molar-refractivity contribution in [1.29, 1.82) is 0 Å². The van der Waals surface area contributed by atoms with Crippen LogP contribution in [0.2, 0.25) is 0 Å². The van der Waals surface area contributed by atoms with Crippen LogP contribution in [0.3, 0.4) is 0 Å². The van der Waals surface area contributed by atoms with E-state index in [1.165, 1.54) is 0 Å². The lowest BCUT2D eigenvalue weighted by Crippen LogP contribution is -2.11. The Morgan fingerprint density at radius 3 is 2.92 bits per heavy atom. The summed E-state index contributed by atoms with van der Waals surface area (Å²) in [5, 5.41) is 10.5. The summed E-state index contributed by atoms with van der Waals surface area (Å²) in [4.78, 5) is 14.7. The molecule has 1 aliphatic rings. The highest BCUT2D eigenvalue weighted by Crippen LogP contribution is 2.33. The number of carboxylic acid groups (broad SMARTS) is 1. The van der Waals surface area contributed by atoms with Crippen LogP contribution in [0.1, 0.15) is 22.5 Å². The van der Waals surface area contributed by atoms with Gasteiger partial charge in [0.15, 0.2) is 0 Å². The number of fused-ring (bicyclic) bond motifs is 1. The van der Waals surface area contributed by atoms with Gasteiger partial charge in [-0.05, 0) is 29.7 Å². The van der Waals surface area contributed by atoms with Crippen molar-refractivity contribution < 1.29 is 19.4 Å². The monoisotopic (exact) mass is 337 g/mol. The Balaban J connectivity index is 1.69. The highest BCUT2D eigenvalue weighted by Gasteiger charge is 2.19. The zero-order valence-electron chi connectivity index (χ0n) is 13.7. The van der Waals surface area contributed by atoms with Crippen LogP contribution < -0.4 is 0 Å². The van der Waals surface area contributed by atoms with Gasteiger partial charge in [-0.15, -0.1) is 0 Å². The first kappa shape index (κ1) is 15.9. The first-order valence-corrected chi connectivity index (χ1v) is 8.35. The number of aromatic nitrogens is 1. The topological polar surface area (TPSA) is 71.5 Å². The van der Waals surface area contributed by atoms with Crippen LogP contribution in [0.25, 0.3) is 22.0 Å². The molecule has 2 heterocycles. The van der Waals surface area contributed by atoms with Crippen LogP contribution in [0, 0.1) is 0 Å². The van der Waals surface area contributed by atoms with Crippen molar-refractivity contribution in [3.63, 3.8) is 0 Å². The highest BCUT2D eigenvalue weighted by atomic mass is 16.5. The van der Waals surface area contributed by atoms with Crippen molar-refractivity contribution in [1.82, 2.24) is 4.98 Å². The summed E-state index contributed by atoms with van der Waals surface area (Å²) in [5.74, 6) is -0.962. The van der Waals surface area contributed by atoms with Crippen LogP contribution >= 0.6 is 0 Å². The van der Waals surface area contributed by atoms with Crippen LogP contribution in [0.5, 0.6) is 0 Å². The minimum absolute atomic E-state index is 0.145. The van der Waals surface area contributed by atoms with Crippen molar-refractivity contribution in [3.8, 4) is 11.1 Å². The molecule has 1 aromatic heterocycles. The molecule has 5 nitrogen and oxygen atoms in total. The molecule has 4 rings (SSSR count). The second-order valence-corrected chi connectivity index (χ2v) is 6.22. The third kappa shape index (κ3) is 3.16. The second-order valence-electron chi connectivity index (χ2n) is 6.22. The number of carbonyl (C=O) groups is 1. The fraction of sp³-hybridized carbons (Fsp3) is 0.250. The Morgan fingerprint density at radius 2 is 2.12 bits per heavy atom. The predicted octanol–water partition coefficient (Wildman–Crippen LogP) is 3.84. The molecule has 0 spiro atoms. The lowest BCUT2D eigenvalue weighted by atomic mass is 10.00. The third-order valence-electron chi connectivity index (χ3n) is 4.51. The lowest BCUT2D eigenvalue weighted by molar-refractivity contribution is 0.0318. The van der Waals surface area contributed by atoms with E-state index in [0.717, 1.165) is 35.1 Å². The van der Waals surface area contributed by atoms with Crippen molar-refractivity contribution in [2.75, 3.05) is 13.2 Å². The molecule has 0 saturated carbocycles. The molecular weight excluding hydrogens is 318 g/mol. The molecule has 5 heteroatoms. The minimum Gasteiger partial charge on any atom is -0.477 e. The molecule has 2 aromatic carbocycles. The van der Waals surface area contributed by atoms with Crippen molar-refractivity contribution in [3.05, 3.63) is 59.8 Å². The Kier molecular flexibility index (Phi) is 4.26. The fourth-order valence-corrected chi connectivity index (χ4v) is 3.28. The Labute approximate surface area is 145 Å². The number of nitrogens with one attached hydrogen (secondary N) is 1. The summed E-state index contributed by atoms with van der Waals surface area (Å²) in [6, 6.07) is 15.5. The molecule has 0 bridgehead atoms. The van der Waals surface area contributed by atoms with Gasteiger partial charge in [-0.25, -0.2) is 4.79 Å². The van der Waals surface area contributed by atoms with Crippen LogP contribution in [-0.4, -0.2) is 35.4 Å². The lowest BCUT2D eigenvalue weighted by Gasteiger charge is -2.11. The molecule has 1 unspecified atom stereocenters. The number of ether oxygens (including phenoxy) is 2. The first-order valence-electron chi connectivity index (χ1n) is 8.35. The number of aromatic amines is 1. The maximum absolute atomic E-state index is 11.7. The van der Waals surface area contributed by atoms with E-state index >= 15 is 0 Å². The minimum atomic E-state index is -0.962. The van der Waals surface area contributed by atoms with Gasteiger partial charge >= 0.3 is 5.97 Å². The number of hydrogen-bond donors (Lipinski definition) is 2. The van der Waals surface area contributed by atoms with Crippen LogP contribution in [-0.2, 0) is 16.1 Å². The van der Waals surface area contributed by atoms with Crippen LogP contribution in [0.15, 0.2) is 48.5 Å². The summed E-state index contributed by atoms with van der Waals surface area (Å²) in [6.45, 7) is 1.89. The zero-order valence-corrected chi connectivity index (χ0v) is 13.7. The molecule has 25 heavy (non-hydrogen) atoms. The van der Waals surface area contributed by atoms with E-state index in [1.807, 2.05) is 48.5 Å². The van der Waals surface area contributed by atoms with E-state index < -0.39 is 5.97 Å². The Morgan fingerprint density at radius 1 is 1.24 bits per heavy atom. The van der Waals surface area contributed by atoms with Crippen molar-refractivity contribution >= 4 is 16.9 Å². The molecule has 128 valence electrons. The van der Waals surface area contributed by atoms with Crippen molar-refractivity contribution in [2.45, 2.75) is 19.1 Å². The summed E-state index contributed by atoms with van der Waals surface area (Å²) >= 11 is 0. The first-order chi connectivity index (χ1) is 12.2. The number of para-hydroxylation sites is 1. The quantitative estimate of drug-likeness (QED) is 0.742. The summed E-state index contributed by atoms with van der Waals surface area (Å²) in [7, 11) is 0. The zero-order chi connectivity index (χ0) is 17.2. The van der Waals surface area contributed by atoms with E-state index in [-0.39, 0.29) is 11.8 Å². The van der Waals surface area contributed by atoms with Gasteiger partial charge in [-0.3, -0.25) is 0 Å². The van der Waals surface area contributed by atoms with E-state index in [2.05, 4.69) is 4.98 Å². The van der Waals surface area contributed by atoms with Gasteiger partial charge in [0.25, 0.3) is 0 Å². The Hall–Kier alpha value is -2.63. The molecule has 1 saturated heterocycles. The van der Waals surface area contributed by atoms with Crippen LogP contribution in [0.4, 0.5) is 0 Å². The van der Waals surface area contributed by atoms with E-state index in [0.29, 0.717) is 18.8 Å². The third-order valence-corrected chi connectivity index (χ3v) is 4.51. The van der Waals surface area contributed by atoms with Crippen molar-refractivity contribution in [2.24, 2.45) is 0 Å². The second kappa shape index (κ2) is 6.70. The van der Waals surface area contributed by atoms with E-state index in [1.54, 1.807) is 0 Å². The van der Waals surface area contributed by atoms with Gasteiger partial charge in [0.2, 0.25) is 0 Å². The average molecular weight is 337 g/mol. The molecule has 3 aromatic rings. The normalized spacial score (nSPS) is 17.2. The smallest absolute Gasteiger partial charge is 0.352 e. The van der Waals surface area contributed by atoms with Gasteiger partial charge in [-0.1, -0.05) is 36.4 Å². The molecule has 0 aliphatic carbocycles. The predicted molar refractivity (Wildman–Crippen MR) is 94.7 cm³/mol. The van der Waals surface area contributed by atoms with Gasteiger partial charge in [-0.2, -0.15) is 0 Å². The number of H-pyrrole nitrogens is 1. The maximum atomic E-state index is 11.7. The molecule has 0 amide bonds. The summed E-state index contributed by atoms with van der Waals surface area (Å²) < 4.78 is 11.2. The van der Waals surface area contributed by atoms with Gasteiger partial charge < -0.3 is 19.6 Å². The van der Waals surface area contributed by atoms with Gasteiger partial charge in [0.1, 0.15) is 5.69 Å². The Bertz CT molecular complexity index is 909. The van der Waals surface area contributed by atoms with E-state index in [9.17, 15) is 9.90 Å². The largest absolute Gasteiger partial charge is 0.477 e. The highest BCUT2D eigenvalue weighted by molar-refractivity contribution is 6.07. The molecular formula is C20H19NO4. The summed E-state index contributed by atoms with van der Waals surface area (Å²) in [6.07, 6.45) is 1.07. The molecule has 2 N–H and O–H groups in total. The van der Waals surface area contributed by atoms with E-state index in [4.69, 9.17) is 9.47 Å². The number of carboxylic acids is 1. The summed E-state index contributed by atoms with van der Waals surface area (Å²) in [5.41, 5.74) is 3.64. The SMILES string of the molecule is O=C(O)c1[nH]c2ccccc2c1-c1cccc(COC2CCOC2)c1. The van der Waals surface area contributed by atoms with Gasteiger partial charge in [0, 0.05) is 23.1 Å². The molecule has 1 aliphatic heterocycles. The standard InChI is InChI=1S/C20H19NO4/c22-20(23)19-18(16-6-1-2-7-17(16)21-19)14-5-3-4-13(10-14)11-25-15-8-9-24-12-15/h1-7,10,15,21H,8-9,11-12H2,(H,22,23). The fourth-order valence-electron chi connectivity index (χ4n) is 3.28. The average Bonchev–Trinajstić information content (AvgIpc) is 3.27. The number of hydrogen-bond acceptors (Lipinski definition) is 3. The molecule has 1 fully saturated rings. The number of rotatable bonds is 5. The number of benzene rings is 2. The molecule has 1 atom stereocenters. The maximum Gasteiger partial charge on any atom is 0.352 e. The molecule has 0 radical (unpaired) electrons. The number of aromatic carboxylic acids is 1.